The van der Waals surface area contributed by atoms with Crippen LogP contribution in [0.25, 0.3) is 11.4 Å². The number of benzene rings is 2. The van der Waals surface area contributed by atoms with Gasteiger partial charge in [0.1, 0.15) is 5.75 Å². The van der Waals surface area contributed by atoms with Crippen molar-refractivity contribution in [2.45, 2.75) is 31.5 Å². The summed E-state index contributed by atoms with van der Waals surface area (Å²) in [6.45, 7) is 0.484. The number of likely N-dealkylation sites (tertiary alicyclic amines) is 1. The molecule has 32 heavy (non-hydrogen) atoms. The largest absolute Gasteiger partial charge is 0.733 e. The first-order valence-electron chi connectivity index (χ1n) is 9.55. The second kappa shape index (κ2) is 8.74. The molecule has 2 heterocycles. The Hall–Kier alpha value is -3.19. The number of halogens is 3. The number of aromatic nitrogens is 2. The lowest BCUT2D eigenvalue weighted by molar-refractivity contribution is -0.274. The molecule has 0 bridgehead atoms. The van der Waals surface area contributed by atoms with Gasteiger partial charge in [-0.25, -0.2) is 0 Å². The van der Waals surface area contributed by atoms with Gasteiger partial charge in [0.2, 0.25) is 11.7 Å². The Balaban J connectivity index is 1.53. The van der Waals surface area contributed by atoms with Crippen LogP contribution in [-0.4, -0.2) is 44.4 Å². The number of rotatable bonds is 6. The summed E-state index contributed by atoms with van der Waals surface area (Å²) in [6.07, 6.45) is -5.18. The molecule has 9 nitrogen and oxygen atoms in total. The molecule has 1 aliphatic rings. The van der Waals surface area contributed by atoms with Crippen LogP contribution in [0.1, 0.15) is 23.9 Å². The predicted octanol–water partition coefficient (Wildman–Crippen LogP) is 3.64. The van der Waals surface area contributed by atoms with Crippen LogP contribution < -0.4 is 9.96 Å². The highest BCUT2D eigenvalue weighted by atomic mass is 19.4. The van der Waals surface area contributed by atoms with Gasteiger partial charge in [-0.3, -0.25) is 10.1 Å². The minimum Gasteiger partial charge on any atom is -0.733 e. The minimum atomic E-state index is -4.79. The summed E-state index contributed by atoms with van der Waals surface area (Å²) in [5.74, 6) is 0.0702. The quantitative estimate of drug-likeness (QED) is 0.542. The molecule has 1 saturated heterocycles. The van der Waals surface area contributed by atoms with Crippen molar-refractivity contribution in [3.05, 3.63) is 65.2 Å². The molecular formula is C20H18F3N4O5-. The van der Waals surface area contributed by atoms with Gasteiger partial charge in [0.25, 0.3) is 0 Å². The average Bonchev–Trinajstić information content (AvgIpc) is 3.34. The Morgan fingerprint density at radius 1 is 1.22 bits per heavy atom. The van der Waals surface area contributed by atoms with Crippen molar-refractivity contribution in [2.24, 2.45) is 0 Å². The second-order valence-corrected chi connectivity index (χ2v) is 7.31. The zero-order chi connectivity index (χ0) is 22.9. The van der Waals surface area contributed by atoms with Crippen LogP contribution in [0.2, 0.25) is 0 Å². The summed E-state index contributed by atoms with van der Waals surface area (Å²) in [4.78, 5) is 6.17. The molecule has 1 fully saturated rings. The fourth-order valence-electron chi connectivity index (χ4n) is 3.64. The Bertz CT molecular complexity index is 1080. The zero-order valence-corrected chi connectivity index (χ0v) is 16.4. The van der Waals surface area contributed by atoms with E-state index in [9.17, 15) is 23.5 Å². The number of anilines is 1. The average molecular weight is 451 g/mol. The summed E-state index contributed by atoms with van der Waals surface area (Å²) >= 11 is 0. The number of hydrogen-bond donors (Lipinski definition) is 2. The van der Waals surface area contributed by atoms with E-state index in [4.69, 9.17) is 9.73 Å². The molecule has 2 aromatic carbocycles. The van der Waals surface area contributed by atoms with Crippen LogP contribution >= 0.6 is 0 Å². The van der Waals surface area contributed by atoms with Crippen molar-refractivity contribution in [1.29, 1.82) is 0 Å². The maximum Gasteiger partial charge on any atom is 0.573 e. The van der Waals surface area contributed by atoms with Gasteiger partial charge in [-0.15, -0.1) is 13.2 Å². The summed E-state index contributed by atoms with van der Waals surface area (Å²) in [5, 5.41) is 34.0. The van der Waals surface area contributed by atoms with Gasteiger partial charge in [-0.2, -0.15) is 4.98 Å². The molecule has 2 N–H and O–H groups in total. The van der Waals surface area contributed by atoms with Crippen LogP contribution in [0.15, 0.2) is 53.1 Å². The normalized spacial score (nSPS) is 19.3. The van der Waals surface area contributed by atoms with E-state index in [1.54, 1.807) is 18.2 Å². The van der Waals surface area contributed by atoms with Crippen LogP contribution in [0.3, 0.4) is 0 Å². The molecule has 0 aliphatic carbocycles. The van der Waals surface area contributed by atoms with Gasteiger partial charge in [-0.1, -0.05) is 29.4 Å². The smallest absolute Gasteiger partial charge is 0.573 e. The van der Waals surface area contributed by atoms with Gasteiger partial charge < -0.3 is 24.8 Å². The van der Waals surface area contributed by atoms with Crippen molar-refractivity contribution >= 4 is 5.69 Å². The maximum atomic E-state index is 12.5. The number of aliphatic hydroxyl groups is 1. The van der Waals surface area contributed by atoms with Gasteiger partial charge in [0, 0.05) is 18.7 Å². The highest BCUT2D eigenvalue weighted by Crippen LogP contribution is 2.34. The number of ether oxygens (including phenoxy) is 1. The molecule has 0 radical (unpaired) electrons. The standard InChI is InChI=1S/C20H18F3N4O5/c21-20(22,23)31-16-6-1-3-12(7-16)10-26-11-15(28)9-17(26)19-24-18(25-32-19)13-4-2-5-14(8-13)27(29)30/h1-8,15,17,28-29H,9-11H2/q-1/t15-,17+/m1/s1. The monoisotopic (exact) mass is 451 g/mol. The lowest BCUT2D eigenvalue weighted by atomic mass is 10.1. The first-order chi connectivity index (χ1) is 15.2. The predicted molar refractivity (Wildman–Crippen MR) is 104 cm³/mol. The summed E-state index contributed by atoms with van der Waals surface area (Å²) in [6, 6.07) is 11.1. The molecule has 1 aliphatic heterocycles. The molecule has 12 heteroatoms. The molecule has 3 aromatic rings. The topological polar surface area (TPSA) is 118 Å². The Morgan fingerprint density at radius 3 is 2.75 bits per heavy atom. The van der Waals surface area contributed by atoms with Gasteiger partial charge in [0.05, 0.1) is 17.8 Å². The van der Waals surface area contributed by atoms with Crippen molar-refractivity contribution in [1.82, 2.24) is 15.0 Å². The van der Waals surface area contributed by atoms with Gasteiger partial charge >= 0.3 is 6.36 Å². The third-order valence-electron chi connectivity index (χ3n) is 4.95. The Labute approximate surface area is 179 Å². The van der Waals surface area contributed by atoms with Crippen LogP contribution in [0.5, 0.6) is 5.75 Å². The minimum absolute atomic E-state index is 0.00674. The number of alkyl halides is 3. The molecule has 0 spiro atoms. The van der Waals surface area contributed by atoms with E-state index >= 15 is 0 Å². The fraction of sp³-hybridized carbons (Fsp3) is 0.300. The SMILES string of the molecule is [O-]N(O)c1cccc(-c2noc([C@@H]3C[C@@H](O)CN3Cc3cccc(OC(F)(F)F)c3)n2)c1. The lowest BCUT2D eigenvalue weighted by Crippen LogP contribution is -2.24. The molecule has 2 atom stereocenters. The van der Waals surface area contributed by atoms with Crippen LogP contribution in [-0.2, 0) is 6.54 Å². The third-order valence-corrected chi connectivity index (χ3v) is 4.95. The fourth-order valence-corrected chi connectivity index (χ4v) is 3.64. The van der Waals surface area contributed by atoms with E-state index in [0.29, 0.717) is 17.5 Å². The van der Waals surface area contributed by atoms with Crippen LogP contribution in [0.4, 0.5) is 18.9 Å². The summed E-state index contributed by atoms with van der Waals surface area (Å²) < 4.78 is 46.8. The number of aliphatic hydroxyl groups excluding tert-OH is 1. The second-order valence-electron chi connectivity index (χ2n) is 7.31. The van der Waals surface area contributed by atoms with E-state index in [-0.39, 0.29) is 41.5 Å². The summed E-state index contributed by atoms with van der Waals surface area (Å²) in [7, 11) is 0. The van der Waals surface area contributed by atoms with Crippen molar-refractivity contribution in [2.75, 3.05) is 11.8 Å². The zero-order valence-electron chi connectivity index (χ0n) is 16.4. The van der Waals surface area contributed by atoms with Gasteiger partial charge in [0.15, 0.2) is 0 Å². The van der Waals surface area contributed by atoms with E-state index < -0.39 is 18.5 Å². The van der Waals surface area contributed by atoms with Crippen molar-refractivity contribution in [3.63, 3.8) is 0 Å². The number of β-amino-alcohol motifs (C(OH)–C–C–N with tert-alkyl or cyclic N) is 1. The molecule has 170 valence electrons. The third kappa shape index (κ3) is 5.16. The van der Waals surface area contributed by atoms with E-state index in [0.717, 1.165) is 0 Å². The first-order valence-corrected chi connectivity index (χ1v) is 9.55. The lowest BCUT2D eigenvalue weighted by Gasteiger charge is -2.21. The van der Waals surface area contributed by atoms with E-state index in [2.05, 4.69) is 14.9 Å². The Morgan fingerprint density at radius 2 is 2.00 bits per heavy atom. The first kappa shape index (κ1) is 22.0. The number of hydrogen-bond acceptors (Lipinski definition) is 9. The van der Waals surface area contributed by atoms with Gasteiger partial charge in [-0.05, 0) is 36.2 Å². The molecule has 0 saturated carbocycles. The van der Waals surface area contributed by atoms with E-state index in [1.165, 1.54) is 30.3 Å². The van der Waals surface area contributed by atoms with Crippen molar-refractivity contribution in [3.8, 4) is 17.1 Å². The maximum absolute atomic E-state index is 12.5. The van der Waals surface area contributed by atoms with Crippen LogP contribution in [0, 0.1) is 5.21 Å². The molecule has 0 unspecified atom stereocenters. The highest BCUT2D eigenvalue weighted by molar-refractivity contribution is 5.62. The summed E-state index contributed by atoms with van der Waals surface area (Å²) in [5.41, 5.74) is 0.985. The van der Waals surface area contributed by atoms with E-state index in [1.807, 2.05) is 4.90 Å². The van der Waals surface area contributed by atoms with Crippen molar-refractivity contribution < 1.29 is 32.7 Å². The molecular weight excluding hydrogens is 433 g/mol. The Kier molecular flexibility index (Phi) is 6.02. The highest BCUT2D eigenvalue weighted by Gasteiger charge is 2.36. The molecule has 4 rings (SSSR count). The molecule has 0 amide bonds. The molecule has 1 aromatic heterocycles. The number of nitrogens with zero attached hydrogens (tertiary/aromatic N) is 4.